The van der Waals surface area contributed by atoms with Crippen molar-refractivity contribution in [2.24, 2.45) is 5.92 Å². The Labute approximate surface area is 101 Å². The zero-order chi connectivity index (χ0) is 11.8. The second-order valence-electron chi connectivity index (χ2n) is 3.74. The summed E-state index contributed by atoms with van der Waals surface area (Å²) in [5, 5.41) is 9.44. The van der Waals surface area contributed by atoms with Crippen LogP contribution in [0, 0.1) is 5.92 Å². The standard InChI is InChI=1S/C10H19N3O2S/c1-15-7-6-13-10(16)12-5-4-11-9(14)8-2-3-8/h8H,2-7H2,1H3,(H,11,14)(H2,12,13,16). The van der Waals surface area contributed by atoms with Crippen molar-refractivity contribution in [3.05, 3.63) is 0 Å². The molecule has 1 aliphatic rings. The van der Waals surface area contributed by atoms with Gasteiger partial charge in [-0.2, -0.15) is 0 Å². The van der Waals surface area contributed by atoms with Crippen molar-refractivity contribution in [1.29, 1.82) is 0 Å². The first kappa shape index (κ1) is 13.2. The first-order valence-corrected chi connectivity index (χ1v) is 5.93. The van der Waals surface area contributed by atoms with Crippen LogP contribution in [0.15, 0.2) is 0 Å². The highest BCUT2D eigenvalue weighted by Gasteiger charge is 2.28. The highest BCUT2D eigenvalue weighted by Crippen LogP contribution is 2.28. The molecule has 0 aromatic rings. The van der Waals surface area contributed by atoms with Crippen molar-refractivity contribution in [2.45, 2.75) is 12.8 Å². The molecule has 5 nitrogen and oxygen atoms in total. The number of thiocarbonyl (C=S) groups is 1. The lowest BCUT2D eigenvalue weighted by atomic mass is 10.4. The molecule has 1 saturated carbocycles. The van der Waals surface area contributed by atoms with Crippen LogP contribution in [0.4, 0.5) is 0 Å². The first-order chi connectivity index (χ1) is 7.74. The highest BCUT2D eigenvalue weighted by atomic mass is 32.1. The molecule has 0 spiro atoms. The number of amides is 1. The summed E-state index contributed by atoms with van der Waals surface area (Å²) >= 11 is 5.02. The molecule has 0 aromatic heterocycles. The average Bonchev–Trinajstić information content (AvgIpc) is 3.08. The molecule has 1 fully saturated rings. The van der Waals surface area contributed by atoms with E-state index in [2.05, 4.69) is 16.0 Å². The van der Waals surface area contributed by atoms with E-state index in [9.17, 15) is 4.79 Å². The Hall–Kier alpha value is -0.880. The molecular formula is C10H19N3O2S. The van der Waals surface area contributed by atoms with Crippen molar-refractivity contribution >= 4 is 23.2 Å². The molecule has 0 saturated heterocycles. The summed E-state index contributed by atoms with van der Waals surface area (Å²) in [6.07, 6.45) is 2.08. The van der Waals surface area contributed by atoms with Crippen LogP contribution in [-0.4, -0.2) is 44.4 Å². The van der Waals surface area contributed by atoms with E-state index < -0.39 is 0 Å². The van der Waals surface area contributed by atoms with Gasteiger partial charge < -0.3 is 20.7 Å². The zero-order valence-electron chi connectivity index (χ0n) is 9.54. The third-order valence-corrected chi connectivity index (χ3v) is 2.54. The maximum Gasteiger partial charge on any atom is 0.223 e. The van der Waals surface area contributed by atoms with Crippen molar-refractivity contribution in [3.63, 3.8) is 0 Å². The van der Waals surface area contributed by atoms with Gasteiger partial charge in [-0.3, -0.25) is 4.79 Å². The Kier molecular flexibility index (Phi) is 6.10. The van der Waals surface area contributed by atoms with Gasteiger partial charge >= 0.3 is 0 Å². The van der Waals surface area contributed by atoms with E-state index in [0.29, 0.717) is 31.4 Å². The topological polar surface area (TPSA) is 62.4 Å². The number of carbonyl (C=O) groups excluding carboxylic acids is 1. The number of methoxy groups -OCH3 is 1. The van der Waals surface area contributed by atoms with Crippen molar-refractivity contribution in [1.82, 2.24) is 16.0 Å². The van der Waals surface area contributed by atoms with E-state index in [1.807, 2.05) is 0 Å². The molecule has 0 radical (unpaired) electrons. The van der Waals surface area contributed by atoms with E-state index in [0.717, 1.165) is 12.8 Å². The van der Waals surface area contributed by atoms with Crippen molar-refractivity contribution in [3.8, 4) is 0 Å². The van der Waals surface area contributed by atoms with Gasteiger partial charge in [-0.1, -0.05) is 0 Å². The molecule has 0 atom stereocenters. The van der Waals surface area contributed by atoms with Gasteiger partial charge in [-0.25, -0.2) is 0 Å². The smallest absolute Gasteiger partial charge is 0.223 e. The fourth-order valence-electron chi connectivity index (χ4n) is 1.18. The Balaban J connectivity index is 1.89. The second kappa shape index (κ2) is 7.40. The predicted octanol–water partition coefficient (Wildman–Crippen LogP) is -0.377. The summed E-state index contributed by atoms with van der Waals surface area (Å²) in [6.45, 7) is 2.58. The summed E-state index contributed by atoms with van der Waals surface area (Å²) in [5.41, 5.74) is 0. The van der Waals surface area contributed by atoms with Crippen molar-refractivity contribution < 1.29 is 9.53 Å². The predicted molar refractivity (Wildman–Crippen MR) is 66.2 cm³/mol. The summed E-state index contributed by atoms with van der Waals surface area (Å²) in [4.78, 5) is 11.3. The molecule has 16 heavy (non-hydrogen) atoms. The van der Waals surface area contributed by atoms with Gasteiger partial charge in [-0.15, -0.1) is 0 Å². The summed E-state index contributed by atoms with van der Waals surface area (Å²) in [5.74, 6) is 0.437. The van der Waals surface area contributed by atoms with Crippen LogP contribution in [-0.2, 0) is 9.53 Å². The summed E-state index contributed by atoms with van der Waals surface area (Å²) < 4.78 is 4.88. The lowest BCUT2D eigenvalue weighted by molar-refractivity contribution is -0.122. The molecule has 92 valence electrons. The molecule has 1 rings (SSSR count). The number of hydrogen-bond acceptors (Lipinski definition) is 3. The molecule has 1 aliphatic carbocycles. The van der Waals surface area contributed by atoms with E-state index in [-0.39, 0.29) is 11.8 Å². The van der Waals surface area contributed by atoms with E-state index in [1.54, 1.807) is 7.11 Å². The van der Waals surface area contributed by atoms with Crippen LogP contribution in [0.1, 0.15) is 12.8 Å². The maximum atomic E-state index is 11.3. The minimum atomic E-state index is 0.167. The second-order valence-corrected chi connectivity index (χ2v) is 4.15. The van der Waals surface area contributed by atoms with E-state index >= 15 is 0 Å². The molecule has 0 unspecified atom stereocenters. The zero-order valence-corrected chi connectivity index (χ0v) is 10.4. The molecule has 1 amide bonds. The molecule has 3 N–H and O–H groups in total. The van der Waals surface area contributed by atoms with Crippen LogP contribution in [0.5, 0.6) is 0 Å². The lowest BCUT2D eigenvalue weighted by Crippen LogP contribution is -2.41. The van der Waals surface area contributed by atoms with Crippen LogP contribution in [0.3, 0.4) is 0 Å². The van der Waals surface area contributed by atoms with Crippen LogP contribution in [0.25, 0.3) is 0 Å². The minimum Gasteiger partial charge on any atom is -0.383 e. The molecule has 6 heteroatoms. The van der Waals surface area contributed by atoms with E-state index in [1.165, 1.54) is 0 Å². The minimum absolute atomic E-state index is 0.167. The molecule has 0 aliphatic heterocycles. The number of ether oxygens (including phenoxy) is 1. The monoisotopic (exact) mass is 245 g/mol. The maximum absolute atomic E-state index is 11.3. The number of hydrogen-bond donors (Lipinski definition) is 3. The normalized spacial score (nSPS) is 14.3. The van der Waals surface area contributed by atoms with Crippen LogP contribution < -0.4 is 16.0 Å². The number of carbonyl (C=O) groups is 1. The molecule has 0 aromatic carbocycles. The third kappa shape index (κ3) is 5.87. The average molecular weight is 245 g/mol. The SMILES string of the molecule is COCCNC(=S)NCCNC(=O)C1CC1. The first-order valence-electron chi connectivity index (χ1n) is 5.52. The molecule has 0 bridgehead atoms. The van der Waals surface area contributed by atoms with Crippen LogP contribution in [0.2, 0.25) is 0 Å². The number of rotatable bonds is 7. The molecular weight excluding hydrogens is 226 g/mol. The fourth-order valence-corrected chi connectivity index (χ4v) is 1.38. The van der Waals surface area contributed by atoms with Gasteiger partial charge in [0.2, 0.25) is 5.91 Å². The Morgan fingerprint density at radius 3 is 2.50 bits per heavy atom. The Bertz CT molecular complexity index is 244. The van der Waals surface area contributed by atoms with E-state index in [4.69, 9.17) is 17.0 Å². The Morgan fingerprint density at radius 1 is 1.25 bits per heavy atom. The van der Waals surface area contributed by atoms with Gasteiger partial charge in [0.05, 0.1) is 6.61 Å². The van der Waals surface area contributed by atoms with Gasteiger partial charge in [-0.05, 0) is 25.1 Å². The quantitative estimate of drug-likeness (QED) is 0.422. The largest absolute Gasteiger partial charge is 0.383 e. The van der Waals surface area contributed by atoms with Crippen molar-refractivity contribution in [2.75, 3.05) is 33.4 Å². The van der Waals surface area contributed by atoms with Gasteiger partial charge in [0.15, 0.2) is 5.11 Å². The lowest BCUT2D eigenvalue weighted by Gasteiger charge is -2.10. The third-order valence-electron chi connectivity index (χ3n) is 2.25. The van der Waals surface area contributed by atoms with Gasteiger partial charge in [0.1, 0.15) is 0 Å². The summed E-state index contributed by atoms with van der Waals surface area (Å²) in [6, 6.07) is 0. The van der Waals surface area contributed by atoms with Crippen LogP contribution >= 0.6 is 12.2 Å². The Morgan fingerprint density at radius 2 is 1.88 bits per heavy atom. The molecule has 0 heterocycles. The number of nitrogens with one attached hydrogen (secondary N) is 3. The summed E-state index contributed by atoms with van der Waals surface area (Å²) in [7, 11) is 1.64. The van der Waals surface area contributed by atoms with Gasteiger partial charge in [0, 0.05) is 32.7 Å². The van der Waals surface area contributed by atoms with Gasteiger partial charge in [0.25, 0.3) is 0 Å². The fraction of sp³-hybridized carbons (Fsp3) is 0.800. The highest BCUT2D eigenvalue weighted by molar-refractivity contribution is 7.80.